The van der Waals surface area contributed by atoms with Gasteiger partial charge in [-0.3, -0.25) is 4.57 Å². The van der Waals surface area contributed by atoms with Gasteiger partial charge in [0, 0.05) is 45.8 Å². The van der Waals surface area contributed by atoms with Gasteiger partial charge in [0.1, 0.15) is 17.3 Å². The van der Waals surface area contributed by atoms with Crippen molar-refractivity contribution in [3.63, 3.8) is 0 Å². The lowest BCUT2D eigenvalue weighted by atomic mass is 9.83. The van der Waals surface area contributed by atoms with Crippen molar-refractivity contribution < 1.29 is 4.74 Å². The van der Waals surface area contributed by atoms with Crippen molar-refractivity contribution in [2.45, 2.75) is 59.3 Å². The Labute approximate surface area is 294 Å². The number of ether oxygens (including phenoxy) is 1. The minimum atomic E-state index is 0.563. The molecule has 7 aromatic rings. The number of pyridine rings is 1. The van der Waals surface area contributed by atoms with Gasteiger partial charge in [-0.25, -0.2) is 9.67 Å². The molecule has 0 amide bonds. The van der Waals surface area contributed by atoms with Crippen LogP contribution >= 0.6 is 11.8 Å². The molecular formula is C43H44N4OS. The Morgan fingerprint density at radius 2 is 1.45 bits per heavy atom. The maximum absolute atomic E-state index is 6.55. The molecule has 0 bridgehead atoms. The van der Waals surface area contributed by atoms with Gasteiger partial charge in [0.15, 0.2) is 0 Å². The molecule has 248 valence electrons. The van der Waals surface area contributed by atoms with Crippen LogP contribution in [0.4, 0.5) is 0 Å². The molecule has 0 aliphatic rings. The maximum Gasteiger partial charge on any atom is 0.138 e. The van der Waals surface area contributed by atoms with Crippen LogP contribution in [0.15, 0.2) is 108 Å². The van der Waals surface area contributed by atoms with Gasteiger partial charge < -0.3 is 4.74 Å². The zero-order valence-electron chi connectivity index (χ0n) is 29.5. The van der Waals surface area contributed by atoms with Crippen LogP contribution in [0.5, 0.6) is 11.5 Å². The number of rotatable bonds is 10. The third-order valence-electron chi connectivity index (χ3n) is 9.23. The number of fused-ring (bicyclic) bond motifs is 3. The second kappa shape index (κ2) is 13.6. The van der Waals surface area contributed by atoms with Crippen molar-refractivity contribution in [2.75, 3.05) is 6.26 Å². The van der Waals surface area contributed by atoms with Gasteiger partial charge in [0.25, 0.3) is 0 Å². The fraction of sp³-hybridized carbons (Fsp3) is 0.256. The summed E-state index contributed by atoms with van der Waals surface area (Å²) in [6.07, 6.45) is 10.3. The van der Waals surface area contributed by atoms with Crippen molar-refractivity contribution >= 4 is 33.6 Å². The summed E-state index contributed by atoms with van der Waals surface area (Å²) in [6.45, 7) is 13.7. The molecule has 0 fully saturated rings. The number of aryl methyl sites for hydroxylation is 2. The van der Waals surface area contributed by atoms with Crippen molar-refractivity contribution in [2.24, 2.45) is 11.8 Å². The fourth-order valence-corrected chi connectivity index (χ4v) is 7.52. The van der Waals surface area contributed by atoms with Crippen LogP contribution in [0.25, 0.3) is 44.4 Å². The van der Waals surface area contributed by atoms with Gasteiger partial charge in [-0.1, -0.05) is 58.0 Å². The van der Waals surface area contributed by atoms with Crippen LogP contribution in [0, 0.1) is 25.7 Å². The summed E-state index contributed by atoms with van der Waals surface area (Å²) >= 11 is 1.72. The zero-order valence-corrected chi connectivity index (χ0v) is 30.3. The molecule has 0 saturated heterocycles. The molecule has 49 heavy (non-hydrogen) atoms. The molecule has 0 N–H and O–H groups in total. The first-order chi connectivity index (χ1) is 23.7. The van der Waals surface area contributed by atoms with Gasteiger partial charge in [-0.2, -0.15) is 5.10 Å². The summed E-state index contributed by atoms with van der Waals surface area (Å²) in [5.41, 5.74) is 11.3. The topological polar surface area (TPSA) is 44.9 Å². The Hall–Kier alpha value is -4.81. The summed E-state index contributed by atoms with van der Waals surface area (Å²) in [6, 6.07) is 29.6. The van der Waals surface area contributed by atoms with Gasteiger partial charge in [-0.15, -0.1) is 11.8 Å². The molecule has 4 aromatic carbocycles. The molecule has 5 nitrogen and oxygen atoms in total. The van der Waals surface area contributed by atoms with E-state index in [9.17, 15) is 0 Å². The molecule has 0 aliphatic carbocycles. The molecule has 3 heterocycles. The van der Waals surface area contributed by atoms with Crippen LogP contribution in [-0.4, -0.2) is 25.6 Å². The molecule has 7 rings (SSSR count). The number of aromatic nitrogens is 4. The van der Waals surface area contributed by atoms with Crippen LogP contribution in [0.1, 0.15) is 49.9 Å². The van der Waals surface area contributed by atoms with E-state index in [-0.39, 0.29) is 0 Å². The van der Waals surface area contributed by atoms with E-state index in [0.29, 0.717) is 11.8 Å². The molecule has 0 saturated carbocycles. The number of thioether (sulfide) groups is 1. The van der Waals surface area contributed by atoms with E-state index in [4.69, 9.17) is 14.8 Å². The van der Waals surface area contributed by atoms with Gasteiger partial charge in [-0.05, 0) is 115 Å². The quantitative estimate of drug-likeness (QED) is 0.137. The Morgan fingerprint density at radius 3 is 2.18 bits per heavy atom. The monoisotopic (exact) mass is 664 g/mol. The summed E-state index contributed by atoms with van der Waals surface area (Å²) in [7, 11) is 0. The van der Waals surface area contributed by atoms with E-state index in [1.54, 1.807) is 11.8 Å². The average molecular weight is 665 g/mol. The predicted molar refractivity (Wildman–Crippen MR) is 206 cm³/mol. The molecule has 6 heteroatoms. The molecule has 0 aliphatic heterocycles. The Kier molecular flexibility index (Phi) is 9.08. The summed E-state index contributed by atoms with van der Waals surface area (Å²) in [5, 5.41) is 7.24. The van der Waals surface area contributed by atoms with Crippen molar-refractivity contribution in [3.05, 3.63) is 126 Å². The third-order valence-corrected chi connectivity index (χ3v) is 9.95. The SMILES string of the molecule is CSc1ccnc(-n2c3ccccc3c3ccc(Oc4cccc(-n5cc(-c6c(CC(C)C)c(C)cc(C)c6CC(C)C)cn5)c4)cc32)c1. The molecule has 0 spiro atoms. The first-order valence-corrected chi connectivity index (χ1v) is 18.4. The summed E-state index contributed by atoms with van der Waals surface area (Å²) < 4.78 is 10.8. The minimum Gasteiger partial charge on any atom is -0.457 e. The highest BCUT2D eigenvalue weighted by Crippen LogP contribution is 2.38. The Morgan fingerprint density at radius 1 is 0.735 bits per heavy atom. The predicted octanol–water partition coefficient (Wildman–Crippen LogP) is 11.6. The standard InChI is InChI=1S/C43H44N4OS/c1-27(2)19-38-29(5)21-30(6)39(20-28(3)4)43(38)31-25-45-46(26-31)32-11-10-12-33(22-32)48-34-15-16-37-36-13-8-9-14-40(36)47(41(37)23-34)42-24-35(49-7)17-18-44-42/h8-18,21-28H,19-20H2,1-7H3. The summed E-state index contributed by atoms with van der Waals surface area (Å²) in [4.78, 5) is 5.93. The highest BCUT2D eigenvalue weighted by molar-refractivity contribution is 7.98. The number of para-hydroxylation sites is 1. The summed E-state index contributed by atoms with van der Waals surface area (Å²) in [5.74, 6) is 3.54. The van der Waals surface area contributed by atoms with Crippen LogP contribution in [0.2, 0.25) is 0 Å². The third kappa shape index (κ3) is 6.50. The molecule has 0 unspecified atom stereocenters. The van der Waals surface area contributed by atoms with Crippen molar-refractivity contribution in [1.82, 2.24) is 19.3 Å². The smallest absolute Gasteiger partial charge is 0.138 e. The van der Waals surface area contributed by atoms with E-state index in [1.807, 2.05) is 35.3 Å². The molecular weight excluding hydrogens is 621 g/mol. The minimum absolute atomic E-state index is 0.563. The zero-order chi connectivity index (χ0) is 34.2. The number of hydrogen-bond donors (Lipinski definition) is 0. The van der Waals surface area contributed by atoms with Crippen LogP contribution in [-0.2, 0) is 12.8 Å². The lowest BCUT2D eigenvalue weighted by Gasteiger charge is -2.22. The molecule has 3 aromatic heterocycles. The largest absolute Gasteiger partial charge is 0.457 e. The van der Waals surface area contributed by atoms with E-state index >= 15 is 0 Å². The van der Waals surface area contributed by atoms with Crippen molar-refractivity contribution in [1.29, 1.82) is 0 Å². The fourth-order valence-electron chi connectivity index (χ4n) is 7.09. The average Bonchev–Trinajstić information content (AvgIpc) is 3.70. The number of benzene rings is 4. The van der Waals surface area contributed by atoms with Gasteiger partial charge >= 0.3 is 0 Å². The highest BCUT2D eigenvalue weighted by atomic mass is 32.2. The number of nitrogens with zero attached hydrogens (tertiary/aromatic N) is 4. The second-order valence-corrected chi connectivity index (χ2v) is 14.8. The number of hydrogen-bond acceptors (Lipinski definition) is 4. The van der Waals surface area contributed by atoms with E-state index in [1.165, 1.54) is 43.7 Å². The molecule has 0 radical (unpaired) electrons. The Balaban J connectivity index is 1.25. The lowest BCUT2D eigenvalue weighted by Crippen LogP contribution is -2.07. The van der Waals surface area contributed by atoms with Gasteiger partial charge in [0.05, 0.1) is 22.9 Å². The normalized spacial score (nSPS) is 11.8. The van der Waals surface area contributed by atoms with Gasteiger partial charge in [0.2, 0.25) is 0 Å². The van der Waals surface area contributed by atoms with E-state index in [2.05, 4.69) is 125 Å². The lowest BCUT2D eigenvalue weighted by molar-refractivity contribution is 0.483. The maximum atomic E-state index is 6.55. The van der Waals surface area contributed by atoms with Crippen molar-refractivity contribution in [3.8, 4) is 34.1 Å². The second-order valence-electron chi connectivity index (χ2n) is 13.9. The first-order valence-electron chi connectivity index (χ1n) is 17.2. The van der Waals surface area contributed by atoms with Crippen LogP contribution in [0.3, 0.4) is 0 Å². The Bertz CT molecular complexity index is 2260. The van der Waals surface area contributed by atoms with Crippen LogP contribution < -0.4 is 4.74 Å². The van der Waals surface area contributed by atoms with E-state index < -0.39 is 0 Å². The first kappa shape index (κ1) is 32.7. The van der Waals surface area contributed by atoms with E-state index in [0.717, 1.165) is 52.3 Å². The highest BCUT2D eigenvalue weighted by Gasteiger charge is 2.20. The molecule has 0 atom stereocenters.